The summed E-state index contributed by atoms with van der Waals surface area (Å²) in [4.78, 5) is 26.4. The first-order chi connectivity index (χ1) is 12.8. The molecule has 8 heteroatoms. The molecule has 0 unspecified atom stereocenters. The predicted octanol–water partition coefficient (Wildman–Crippen LogP) is 0.874. The van der Waals surface area contributed by atoms with E-state index in [1.807, 2.05) is 6.92 Å². The molecule has 1 saturated heterocycles. The number of amides is 1. The van der Waals surface area contributed by atoms with E-state index in [1.165, 1.54) is 4.90 Å². The molecule has 6 atom stereocenters. The predicted molar refractivity (Wildman–Crippen MR) is 103 cm³/mol. The minimum absolute atomic E-state index is 0.0433. The third-order valence-electron chi connectivity index (χ3n) is 6.64. The molecule has 1 amide bonds. The SMILES string of the molecule is C[C@@H](O)[C@H]1C(=O)N2C(C(=O)O)=C(S[C@H]3C[C@H](N[C@H]4CC[C@@H](N)C4)C3)[C@H](C)[C@H]12. The number of hydrogen-bond acceptors (Lipinski definition) is 6. The fourth-order valence-corrected chi connectivity index (χ4v) is 6.82. The van der Waals surface area contributed by atoms with E-state index in [-0.39, 0.29) is 23.6 Å². The van der Waals surface area contributed by atoms with Crippen LogP contribution in [0.3, 0.4) is 0 Å². The summed E-state index contributed by atoms with van der Waals surface area (Å²) in [5.74, 6) is -1.84. The number of fused-ring (bicyclic) bond motifs is 1. The van der Waals surface area contributed by atoms with Crippen LogP contribution in [0.25, 0.3) is 0 Å². The third kappa shape index (κ3) is 3.20. The van der Waals surface area contributed by atoms with E-state index >= 15 is 0 Å². The van der Waals surface area contributed by atoms with Crippen LogP contribution in [0.2, 0.25) is 0 Å². The van der Waals surface area contributed by atoms with Gasteiger partial charge in [-0.15, -0.1) is 11.8 Å². The molecule has 0 aromatic heterocycles. The summed E-state index contributed by atoms with van der Waals surface area (Å²) in [5.41, 5.74) is 6.11. The van der Waals surface area contributed by atoms with E-state index in [9.17, 15) is 19.8 Å². The lowest BCUT2D eigenvalue weighted by Crippen LogP contribution is -2.63. The number of rotatable bonds is 6. The zero-order valence-electron chi connectivity index (χ0n) is 15.8. The van der Waals surface area contributed by atoms with E-state index in [2.05, 4.69) is 5.32 Å². The van der Waals surface area contributed by atoms with Crippen LogP contribution < -0.4 is 11.1 Å². The summed E-state index contributed by atoms with van der Waals surface area (Å²) < 4.78 is 0. The van der Waals surface area contributed by atoms with Crippen LogP contribution >= 0.6 is 11.8 Å². The second-order valence-corrected chi connectivity index (χ2v) is 9.96. The maximum absolute atomic E-state index is 12.4. The van der Waals surface area contributed by atoms with Crippen molar-refractivity contribution in [3.8, 4) is 0 Å². The van der Waals surface area contributed by atoms with Crippen LogP contribution in [0.4, 0.5) is 0 Å². The van der Waals surface area contributed by atoms with Gasteiger partial charge in [0.15, 0.2) is 0 Å². The number of nitrogens with two attached hydrogens (primary N) is 1. The zero-order valence-corrected chi connectivity index (χ0v) is 16.6. The average Bonchev–Trinajstić information content (AvgIpc) is 3.05. The Hall–Kier alpha value is -1.09. The molecule has 150 valence electrons. The molecule has 2 saturated carbocycles. The van der Waals surface area contributed by atoms with Gasteiger partial charge in [-0.1, -0.05) is 6.92 Å². The monoisotopic (exact) mass is 395 g/mol. The number of nitrogens with zero attached hydrogens (tertiary/aromatic N) is 1. The summed E-state index contributed by atoms with van der Waals surface area (Å²) in [6, 6.07) is 1.09. The Kier molecular flexibility index (Phi) is 5.03. The molecule has 4 rings (SSSR count). The number of aliphatic carboxylic acids is 1. The molecule has 0 aromatic rings. The van der Waals surface area contributed by atoms with Crippen LogP contribution in [0, 0.1) is 11.8 Å². The van der Waals surface area contributed by atoms with Crippen LogP contribution in [-0.2, 0) is 9.59 Å². The molecular formula is C19H29N3O4S. The number of β-lactam (4-membered cyclic amide) rings is 1. The van der Waals surface area contributed by atoms with Crippen LogP contribution in [0.5, 0.6) is 0 Å². The Morgan fingerprint density at radius 3 is 2.56 bits per heavy atom. The highest BCUT2D eigenvalue weighted by Crippen LogP contribution is 2.53. The maximum atomic E-state index is 12.4. The molecule has 2 aliphatic carbocycles. The molecule has 4 aliphatic rings. The van der Waals surface area contributed by atoms with Gasteiger partial charge in [0.25, 0.3) is 0 Å². The topological polar surface area (TPSA) is 116 Å². The lowest BCUT2D eigenvalue weighted by molar-refractivity contribution is -0.163. The van der Waals surface area contributed by atoms with Gasteiger partial charge in [-0.05, 0) is 39.0 Å². The molecule has 0 bridgehead atoms. The van der Waals surface area contributed by atoms with Crippen LogP contribution in [-0.4, -0.2) is 62.5 Å². The first-order valence-corrected chi connectivity index (χ1v) is 10.8. The van der Waals surface area contributed by atoms with Gasteiger partial charge in [0.05, 0.1) is 18.1 Å². The normalized spacial score (nSPS) is 42.0. The first-order valence-electron chi connectivity index (χ1n) is 9.94. The van der Waals surface area contributed by atoms with E-state index in [0.717, 1.165) is 37.0 Å². The molecular weight excluding hydrogens is 366 g/mol. The van der Waals surface area contributed by atoms with Crippen molar-refractivity contribution in [3.63, 3.8) is 0 Å². The largest absolute Gasteiger partial charge is 0.477 e. The summed E-state index contributed by atoms with van der Waals surface area (Å²) >= 11 is 1.62. The summed E-state index contributed by atoms with van der Waals surface area (Å²) in [6.07, 6.45) is 4.54. The van der Waals surface area contributed by atoms with Crippen molar-refractivity contribution in [1.29, 1.82) is 0 Å². The molecule has 3 fully saturated rings. The van der Waals surface area contributed by atoms with E-state index in [1.54, 1.807) is 18.7 Å². The third-order valence-corrected chi connectivity index (χ3v) is 8.18. The Morgan fingerprint density at radius 1 is 1.30 bits per heavy atom. The summed E-state index contributed by atoms with van der Waals surface area (Å²) in [7, 11) is 0. The first kappa shape index (κ1) is 19.2. The van der Waals surface area contributed by atoms with Gasteiger partial charge in [-0.3, -0.25) is 4.79 Å². The Labute approximate surface area is 163 Å². The lowest BCUT2D eigenvalue weighted by Gasteiger charge is -2.46. The number of carboxylic acid groups (broad SMARTS) is 1. The zero-order chi connectivity index (χ0) is 19.5. The molecule has 0 spiro atoms. The second kappa shape index (κ2) is 7.06. The number of carbonyl (C=O) groups is 2. The quantitative estimate of drug-likeness (QED) is 0.493. The molecule has 5 N–H and O–H groups in total. The summed E-state index contributed by atoms with van der Waals surface area (Å²) in [6.45, 7) is 3.58. The van der Waals surface area contributed by atoms with Gasteiger partial charge >= 0.3 is 5.97 Å². The highest BCUT2D eigenvalue weighted by atomic mass is 32.2. The van der Waals surface area contributed by atoms with E-state index in [4.69, 9.17) is 5.73 Å². The van der Waals surface area contributed by atoms with Gasteiger partial charge in [-0.25, -0.2) is 4.79 Å². The van der Waals surface area contributed by atoms with Gasteiger partial charge in [0.2, 0.25) is 5.91 Å². The molecule has 0 aromatic carbocycles. The van der Waals surface area contributed by atoms with E-state index < -0.39 is 18.0 Å². The Morgan fingerprint density at radius 2 is 2.00 bits per heavy atom. The molecule has 0 radical (unpaired) electrons. The van der Waals surface area contributed by atoms with Crippen molar-refractivity contribution in [3.05, 3.63) is 10.6 Å². The van der Waals surface area contributed by atoms with Crippen molar-refractivity contribution < 1.29 is 19.8 Å². The average molecular weight is 396 g/mol. The number of nitrogens with one attached hydrogen (secondary N) is 1. The van der Waals surface area contributed by atoms with Gasteiger partial charge in [-0.2, -0.15) is 0 Å². The number of aliphatic hydroxyl groups excluding tert-OH is 1. The van der Waals surface area contributed by atoms with Crippen LogP contribution in [0.1, 0.15) is 46.0 Å². The van der Waals surface area contributed by atoms with Gasteiger partial charge in [0.1, 0.15) is 5.70 Å². The molecule has 2 aliphatic heterocycles. The van der Waals surface area contributed by atoms with Gasteiger partial charge < -0.3 is 26.2 Å². The van der Waals surface area contributed by atoms with Crippen molar-refractivity contribution in [1.82, 2.24) is 10.2 Å². The number of hydrogen-bond donors (Lipinski definition) is 4. The maximum Gasteiger partial charge on any atom is 0.353 e. The number of aliphatic hydroxyl groups is 1. The number of carboxylic acids is 1. The Bertz CT molecular complexity index is 676. The highest BCUT2D eigenvalue weighted by Gasteiger charge is 2.60. The molecule has 27 heavy (non-hydrogen) atoms. The van der Waals surface area contributed by atoms with E-state index in [0.29, 0.717) is 23.4 Å². The lowest BCUT2D eigenvalue weighted by atomic mass is 9.79. The Balaban J connectivity index is 1.39. The fraction of sp³-hybridized carbons (Fsp3) is 0.789. The smallest absolute Gasteiger partial charge is 0.353 e. The minimum Gasteiger partial charge on any atom is -0.477 e. The van der Waals surface area contributed by atoms with Crippen molar-refractivity contribution >= 4 is 23.6 Å². The van der Waals surface area contributed by atoms with Crippen molar-refractivity contribution in [2.45, 2.75) is 81.5 Å². The van der Waals surface area contributed by atoms with Crippen molar-refractivity contribution in [2.75, 3.05) is 0 Å². The number of thioether (sulfide) groups is 1. The molecule has 7 nitrogen and oxygen atoms in total. The van der Waals surface area contributed by atoms with Crippen molar-refractivity contribution in [2.24, 2.45) is 17.6 Å². The molecule has 2 heterocycles. The fourth-order valence-electron chi connectivity index (χ4n) is 5.16. The summed E-state index contributed by atoms with van der Waals surface area (Å²) in [5, 5.41) is 23.7. The van der Waals surface area contributed by atoms with Gasteiger partial charge in [0, 0.05) is 34.2 Å². The second-order valence-electron chi connectivity index (χ2n) is 8.62. The van der Waals surface area contributed by atoms with Crippen LogP contribution in [0.15, 0.2) is 10.6 Å². The number of carbonyl (C=O) groups excluding carboxylic acids is 1. The standard InChI is InChI=1S/C19H29N3O4S/c1-8-15-14(9(2)23)18(24)22(15)16(19(25)26)17(8)27-13-6-12(7-13)21-11-4-3-10(20)5-11/h8-15,21,23H,3-7,20H2,1-2H3,(H,25,26)/t8-,9-,10-,11+,12-,13-,14-,15-/m1/s1. The minimum atomic E-state index is -1.04. The highest BCUT2D eigenvalue weighted by molar-refractivity contribution is 8.03.